The Balaban J connectivity index is 2.77. The maximum absolute atomic E-state index is 11.6. The lowest BCUT2D eigenvalue weighted by Crippen LogP contribution is -2.11. The van der Waals surface area contributed by atoms with Crippen molar-refractivity contribution in [2.75, 3.05) is 7.05 Å². The van der Waals surface area contributed by atoms with Crippen LogP contribution < -0.4 is 5.56 Å². The molecule has 0 aliphatic carbocycles. The number of H-pyrrole nitrogens is 1. The van der Waals surface area contributed by atoms with Gasteiger partial charge in [0, 0.05) is 18.8 Å². The van der Waals surface area contributed by atoms with E-state index in [0.717, 1.165) is 10.9 Å². The van der Waals surface area contributed by atoms with Gasteiger partial charge in [0.1, 0.15) is 0 Å². The molecular formula is C12H12N2O. The number of aromatic nitrogens is 1. The Morgan fingerprint density at radius 3 is 2.87 bits per heavy atom. The summed E-state index contributed by atoms with van der Waals surface area (Å²) in [5.74, 6) is 0. The van der Waals surface area contributed by atoms with E-state index in [4.69, 9.17) is 0 Å². The molecule has 2 aromatic rings. The molecule has 0 bridgehead atoms. The van der Waals surface area contributed by atoms with Gasteiger partial charge in [0.15, 0.2) is 0 Å². The highest BCUT2D eigenvalue weighted by atomic mass is 16.1. The number of aliphatic imine (C=N–C) groups is 1. The van der Waals surface area contributed by atoms with E-state index in [1.165, 1.54) is 5.56 Å². The molecular weight excluding hydrogens is 188 g/mol. The minimum atomic E-state index is -0.100. The van der Waals surface area contributed by atoms with Gasteiger partial charge in [-0.15, -0.1) is 0 Å². The van der Waals surface area contributed by atoms with Gasteiger partial charge >= 0.3 is 0 Å². The number of pyridine rings is 1. The highest BCUT2D eigenvalue weighted by molar-refractivity contribution is 5.87. The predicted molar refractivity (Wildman–Crippen MR) is 62.8 cm³/mol. The molecule has 0 aliphatic rings. The Morgan fingerprint density at radius 1 is 1.33 bits per heavy atom. The fourth-order valence-electron chi connectivity index (χ4n) is 1.58. The number of fused-ring (bicyclic) bond motifs is 1. The van der Waals surface area contributed by atoms with E-state index in [9.17, 15) is 4.79 Å². The number of hydrogen-bond acceptors (Lipinski definition) is 2. The topological polar surface area (TPSA) is 45.2 Å². The van der Waals surface area contributed by atoms with Crippen LogP contribution in [0.3, 0.4) is 0 Å². The molecule has 0 aliphatic heterocycles. The zero-order valence-electron chi connectivity index (χ0n) is 8.74. The summed E-state index contributed by atoms with van der Waals surface area (Å²) in [6, 6.07) is 7.79. The van der Waals surface area contributed by atoms with Crippen molar-refractivity contribution in [2.24, 2.45) is 4.99 Å². The van der Waals surface area contributed by atoms with Crippen molar-refractivity contribution >= 4 is 17.1 Å². The number of aryl methyl sites for hydroxylation is 1. The van der Waals surface area contributed by atoms with Gasteiger partial charge in [0.2, 0.25) is 0 Å². The van der Waals surface area contributed by atoms with Crippen LogP contribution in [-0.2, 0) is 0 Å². The zero-order chi connectivity index (χ0) is 10.8. The Morgan fingerprint density at radius 2 is 2.13 bits per heavy atom. The molecule has 2 rings (SSSR count). The van der Waals surface area contributed by atoms with Gasteiger partial charge in [-0.05, 0) is 30.5 Å². The first kappa shape index (κ1) is 9.65. The third kappa shape index (κ3) is 1.81. The lowest BCUT2D eigenvalue weighted by atomic mass is 10.1. The summed E-state index contributed by atoms with van der Waals surface area (Å²) in [6.07, 6.45) is 1.57. The molecule has 0 fully saturated rings. The molecule has 15 heavy (non-hydrogen) atoms. The first-order valence-electron chi connectivity index (χ1n) is 4.76. The molecule has 3 heteroatoms. The second-order valence-corrected chi connectivity index (χ2v) is 3.53. The first-order valence-corrected chi connectivity index (χ1v) is 4.76. The Bertz CT molecular complexity index is 582. The standard InChI is InChI=1S/C12H12N2O/c1-8-3-4-11-9(5-8)6-10(7-13-2)12(15)14-11/h3-7H,1-2H3,(H,14,15). The van der Waals surface area contributed by atoms with Gasteiger partial charge in [-0.25, -0.2) is 0 Å². The van der Waals surface area contributed by atoms with E-state index < -0.39 is 0 Å². The maximum Gasteiger partial charge on any atom is 0.257 e. The van der Waals surface area contributed by atoms with E-state index in [1.54, 1.807) is 13.3 Å². The maximum atomic E-state index is 11.6. The van der Waals surface area contributed by atoms with Crippen LogP contribution in [0.2, 0.25) is 0 Å². The van der Waals surface area contributed by atoms with Crippen molar-refractivity contribution in [3.05, 3.63) is 45.7 Å². The average molecular weight is 200 g/mol. The summed E-state index contributed by atoms with van der Waals surface area (Å²) in [7, 11) is 1.65. The molecule has 0 atom stereocenters. The fraction of sp³-hybridized carbons (Fsp3) is 0.167. The van der Waals surface area contributed by atoms with Crippen LogP contribution in [0.1, 0.15) is 11.1 Å². The van der Waals surface area contributed by atoms with E-state index in [1.807, 2.05) is 31.2 Å². The number of nitrogens with zero attached hydrogens (tertiary/aromatic N) is 1. The molecule has 1 heterocycles. The van der Waals surface area contributed by atoms with E-state index in [0.29, 0.717) is 5.56 Å². The van der Waals surface area contributed by atoms with Gasteiger partial charge in [-0.1, -0.05) is 11.6 Å². The zero-order valence-corrected chi connectivity index (χ0v) is 8.74. The van der Waals surface area contributed by atoms with Crippen LogP contribution in [0.4, 0.5) is 0 Å². The van der Waals surface area contributed by atoms with Gasteiger partial charge in [0.05, 0.1) is 5.56 Å². The normalized spacial score (nSPS) is 11.3. The first-order chi connectivity index (χ1) is 7.20. The van der Waals surface area contributed by atoms with Crippen molar-refractivity contribution in [1.29, 1.82) is 0 Å². The van der Waals surface area contributed by atoms with Crippen molar-refractivity contribution in [3.63, 3.8) is 0 Å². The molecule has 0 saturated carbocycles. The Labute approximate surface area is 87.5 Å². The Kier molecular flexibility index (Phi) is 2.37. The molecule has 0 radical (unpaired) electrons. The van der Waals surface area contributed by atoms with Crippen LogP contribution in [0.25, 0.3) is 10.9 Å². The van der Waals surface area contributed by atoms with Crippen LogP contribution in [-0.4, -0.2) is 18.2 Å². The van der Waals surface area contributed by atoms with Crippen molar-refractivity contribution in [1.82, 2.24) is 4.98 Å². The molecule has 1 N–H and O–H groups in total. The minimum absolute atomic E-state index is 0.100. The predicted octanol–water partition coefficient (Wildman–Crippen LogP) is 1.89. The molecule has 1 aromatic carbocycles. The lowest BCUT2D eigenvalue weighted by Gasteiger charge is -2.00. The summed E-state index contributed by atoms with van der Waals surface area (Å²) in [5, 5.41) is 1.03. The number of nitrogens with one attached hydrogen (secondary N) is 1. The van der Waals surface area contributed by atoms with Crippen molar-refractivity contribution in [3.8, 4) is 0 Å². The van der Waals surface area contributed by atoms with E-state index in [-0.39, 0.29) is 5.56 Å². The summed E-state index contributed by atoms with van der Waals surface area (Å²) in [5.41, 5.74) is 2.53. The summed E-state index contributed by atoms with van der Waals surface area (Å²) in [4.78, 5) is 18.2. The summed E-state index contributed by atoms with van der Waals surface area (Å²) >= 11 is 0. The highest BCUT2D eigenvalue weighted by Crippen LogP contribution is 2.12. The average Bonchev–Trinajstić information content (AvgIpc) is 2.20. The van der Waals surface area contributed by atoms with Gasteiger partial charge in [-0.2, -0.15) is 0 Å². The fourth-order valence-corrected chi connectivity index (χ4v) is 1.58. The minimum Gasteiger partial charge on any atom is -0.321 e. The van der Waals surface area contributed by atoms with Crippen LogP contribution >= 0.6 is 0 Å². The molecule has 3 nitrogen and oxygen atoms in total. The van der Waals surface area contributed by atoms with Gasteiger partial charge in [0.25, 0.3) is 5.56 Å². The largest absolute Gasteiger partial charge is 0.321 e. The third-order valence-corrected chi connectivity index (χ3v) is 2.30. The number of rotatable bonds is 1. The second-order valence-electron chi connectivity index (χ2n) is 3.53. The molecule has 0 spiro atoms. The summed E-state index contributed by atoms with van der Waals surface area (Å²) < 4.78 is 0. The molecule has 0 amide bonds. The van der Waals surface area contributed by atoms with E-state index >= 15 is 0 Å². The van der Waals surface area contributed by atoms with Crippen LogP contribution in [0.15, 0.2) is 34.1 Å². The second kappa shape index (κ2) is 3.69. The number of hydrogen-bond donors (Lipinski definition) is 1. The monoisotopic (exact) mass is 200 g/mol. The highest BCUT2D eigenvalue weighted by Gasteiger charge is 2.00. The number of benzene rings is 1. The van der Waals surface area contributed by atoms with Crippen LogP contribution in [0, 0.1) is 6.92 Å². The SMILES string of the molecule is CN=Cc1cc2cc(C)ccc2[nH]c1=O. The molecule has 0 unspecified atom stereocenters. The van der Waals surface area contributed by atoms with Gasteiger partial charge in [-0.3, -0.25) is 9.79 Å². The quantitative estimate of drug-likeness (QED) is 0.702. The van der Waals surface area contributed by atoms with Gasteiger partial charge < -0.3 is 4.98 Å². The molecule has 76 valence electrons. The smallest absolute Gasteiger partial charge is 0.257 e. The molecule has 1 aromatic heterocycles. The Hall–Kier alpha value is -1.90. The van der Waals surface area contributed by atoms with Crippen LogP contribution in [0.5, 0.6) is 0 Å². The lowest BCUT2D eigenvalue weighted by molar-refractivity contribution is 1.28. The van der Waals surface area contributed by atoms with E-state index in [2.05, 4.69) is 9.98 Å². The van der Waals surface area contributed by atoms with Crippen molar-refractivity contribution in [2.45, 2.75) is 6.92 Å². The van der Waals surface area contributed by atoms with Crippen molar-refractivity contribution < 1.29 is 0 Å². The summed E-state index contributed by atoms with van der Waals surface area (Å²) in [6.45, 7) is 2.03. The number of aromatic amines is 1. The molecule has 0 saturated heterocycles. The third-order valence-electron chi connectivity index (χ3n) is 2.30.